The normalized spacial score (nSPS) is 13.5. The minimum absolute atomic E-state index is 0.0626. The van der Waals surface area contributed by atoms with Gasteiger partial charge in [-0.05, 0) is 43.5 Å². The summed E-state index contributed by atoms with van der Waals surface area (Å²) in [5.74, 6) is 0.807. The van der Waals surface area contributed by atoms with Crippen molar-refractivity contribution in [3.05, 3.63) is 57.5 Å². The van der Waals surface area contributed by atoms with Gasteiger partial charge in [-0.25, -0.2) is 4.98 Å². The Morgan fingerprint density at radius 1 is 1.12 bits per heavy atom. The van der Waals surface area contributed by atoms with Gasteiger partial charge in [-0.3, -0.25) is 20.2 Å². The Balaban J connectivity index is 1.54. The summed E-state index contributed by atoms with van der Waals surface area (Å²) in [6.07, 6.45) is 3.14. The summed E-state index contributed by atoms with van der Waals surface area (Å²) in [7, 11) is 3.14. The van der Waals surface area contributed by atoms with Crippen LogP contribution in [-0.2, 0) is 0 Å². The molecule has 172 valence electrons. The molecular weight excluding hydrogens is 444 g/mol. The molecule has 10 heteroatoms. The van der Waals surface area contributed by atoms with Crippen molar-refractivity contribution in [2.75, 3.05) is 37.5 Å². The zero-order valence-electron chi connectivity index (χ0n) is 18.4. The Morgan fingerprint density at radius 3 is 2.61 bits per heavy atom. The monoisotopic (exact) mass is 468 g/mol. The van der Waals surface area contributed by atoms with E-state index >= 15 is 0 Å². The minimum Gasteiger partial charge on any atom is -0.497 e. The highest BCUT2D eigenvalue weighted by molar-refractivity contribution is 7.14. The molecule has 9 nitrogen and oxygen atoms in total. The van der Waals surface area contributed by atoms with Gasteiger partial charge in [0.25, 0.3) is 11.6 Å². The molecule has 2 heterocycles. The maximum absolute atomic E-state index is 12.8. The summed E-state index contributed by atoms with van der Waals surface area (Å²) in [5.41, 5.74) is 2.10. The molecule has 1 aliphatic heterocycles. The Bertz CT molecular complexity index is 1170. The van der Waals surface area contributed by atoms with Crippen LogP contribution in [0, 0.1) is 10.1 Å². The summed E-state index contributed by atoms with van der Waals surface area (Å²) in [6, 6.07) is 10.0. The first-order valence-corrected chi connectivity index (χ1v) is 11.4. The molecule has 0 unspecified atom stereocenters. The molecule has 3 aromatic rings. The fraction of sp³-hybridized carbons (Fsp3) is 0.304. The smallest absolute Gasteiger partial charge is 0.293 e. The Kier molecular flexibility index (Phi) is 6.74. The summed E-state index contributed by atoms with van der Waals surface area (Å²) in [6.45, 7) is 1.56. The second-order valence-corrected chi connectivity index (χ2v) is 8.42. The lowest BCUT2D eigenvalue weighted by atomic mass is 10.1. The van der Waals surface area contributed by atoms with Gasteiger partial charge in [-0.1, -0.05) is 0 Å². The third-order valence-electron chi connectivity index (χ3n) is 5.54. The molecule has 0 bridgehead atoms. The number of carbonyl (C=O) groups excluding carboxylic acids is 1. The van der Waals surface area contributed by atoms with E-state index < -0.39 is 10.8 Å². The van der Waals surface area contributed by atoms with E-state index in [4.69, 9.17) is 9.47 Å². The SMILES string of the molecule is COc1ccc(-c2csc(NC(=O)c3ccc(N4CCCCC4)c([N+](=O)[O-])c3)n2)c(OC)c1. The average molecular weight is 469 g/mol. The number of piperidine rings is 1. The van der Waals surface area contributed by atoms with Gasteiger partial charge in [0.2, 0.25) is 0 Å². The van der Waals surface area contributed by atoms with E-state index in [9.17, 15) is 14.9 Å². The van der Waals surface area contributed by atoms with E-state index in [0.717, 1.165) is 37.9 Å². The van der Waals surface area contributed by atoms with Crippen LogP contribution in [0.15, 0.2) is 41.8 Å². The van der Waals surface area contributed by atoms with E-state index in [0.29, 0.717) is 28.0 Å². The van der Waals surface area contributed by atoms with Crippen molar-refractivity contribution in [2.45, 2.75) is 19.3 Å². The van der Waals surface area contributed by atoms with Gasteiger partial charge in [0.1, 0.15) is 17.2 Å². The lowest BCUT2D eigenvalue weighted by Gasteiger charge is -2.28. The maximum atomic E-state index is 12.8. The van der Waals surface area contributed by atoms with Crippen LogP contribution in [-0.4, -0.2) is 43.1 Å². The molecule has 1 aromatic heterocycles. The van der Waals surface area contributed by atoms with E-state index in [-0.39, 0.29) is 11.3 Å². The van der Waals surface area contributed by atoms with Crippen molar-refractivity contribution in [1.29, 1.82) is 0 Å². The quantitative estimate of drug-likeness (QED) is 0.385. The number of methoxy groups -OCH3 is 2. The largest absolute Gasteiger partial charge is 0.497 e. The highest BCUT2D eigenvalue weighted by Crippen LogP contribution is 2.35. The Labute approximate surface area is 195 Å². The fourth-order valence-electron chi connectivity index (χ4n) is 3.85. The van der Waals surface area contributed by atoms with Gasteiger partial charge in [-0.15, -0.1) is 11.3 Å². The highest BCUT2D eigenvalue weighted by atomic mass is 32.1. The van der Waals surface area contributed by atoms with Crippen molar-refractivity contribution in [2.24, 2.45) is 0 Å². The highest BCUT2D eigenvalue weighted by Gasteiger charge is 2.23. The molecule has 0 radical (unpaired) electrons. The number of ether oxygens (including phenoxy) is 2. The first-order valence-electron chi connectivity index (χ1n) is 10.5. The van der Waals surface area contributed by atoms with Crippen molar-refractivity contribution in [3.63, 3.8) is 0 Å². The summed E-state index contributed by atoms with van der Waals surface area (Å²) >= 11 is 1.26. The van der Waals surface area contributed by atoms with E-state index in [2.05, 4.69) is 10.3 Å². The van der Waals surface area contributed by atoms with Gasteiger partial charge in [-0.2, -0.15) is 0 Å². The molecule has 4 rings (SSSR count). The van der Waals surface area contributed by atoms with Crippen molar-refractivity contribution < 1.29 is 19.2 Å². The number of benzene rings is 2. The number of nitrogens with zero attached hydrogens (tertiary/aromatic N) is 3. The second kappa shape index (κ2) is 9.86. The standard InChI is InChI=1S/C23H24N4O5S/c1-31-16-7-8-17(21(13-16)32-2)18-14-33-23(24-18)25-22(28)15-6-9-19(20(12-15)27(29)30)26-10-4-3-5-11-26/h6-9,12-14H,3-5,10-11H2,1-2H3,(H,24,25,28). The topological polar surface area (TPSA) is 107 Å². The summed E-state index contributed by atoms with van der Waals surface area (Å²) in [4.78, 5) is 30.5. The number of nitro benzene ring substituents is 1. The Morgan fingerprint density at radius 2 is 1.91 bits per heavy atom. The van der Waals surface area contributed by atoms with Gasteiger partial charge in [0.15, 0.2) is 5.13 Å². The third kappa shape index (κ3) is 4.90. The lowest BCUT2D eigenvalue weighted by Crippen LogP contribution is -2.30. The van der Waals surface area contributed by atoms with Crippen LogP contribution in [0.5, 0.6) is 11.5 Å². The van der Waals surface area contributed by atoms with Gasteiger partial charge in [0, 0.05) is 41.7 Å². The molecule has 1 aliphatic rings. The van der Waals surface area contributed by atoms with Crippen molar-refractivity contribution in [1.82, 2.24) is 4.98 Å². The molecule has 2 aromatic carbocycles. The number of hydrogen-bond donors (Lipinski definition) is 1. The average Bonchev–Trinajstić information content (AvgIpc) is 3.31. The molecule has 0 spiro atoms. The zero-order valence-corrected chi connectivity index (χ0v) is 19.2. The number of hydrogen-bond acceptors (Lipinski definition) is 8. The molecule has 0 atom stereocenters. The molecule has 0 aliphatic carbocycles. The zero-order chi connectivity index (χ0) is 23.4. The Hall–Kier alpha value is -3.66. The van der Waals surface area contributed by atoms with E-state index in [1.807, 2.05) is 16.3 Å². The molecule has 0 saturated carbocycles. The number of aromatic nitrogens is 1. The van der Waals surface area contributed by atoms with Gasteiger partial charge < -0.3 is 14.4 Å². The molecule has 1 saturated heterocycles. The van der Waals surface area contributed by atoms with Crippen molar-refractivity contribution >= 4 is 33.8 Å². The summed E-state index contributed by atoms with van der Waals surface area (Å²) in [5, 5.41) is 16.6. The number of amides is 1. The summed E-state index contributed by atoms with van der Waals surface area (Å²) < 4.78 is 10.7. The van der Waals surface area contributed by atoms with Gasteiger partial charge in [0.05, 0.1) is 24.8 Å². The number of nitro groups is 1. The lowest BCUT2D eigenvalue weighted by molar-refractivity contribution is -0.384. The first-order chi connectivity index (χ1) is 16.0. The van der Waals surface area contributed by atoms with Gasteiger partial charge >= 0.3 is 0 Å². The predicted octanol–water partition coefficient (Wildman–Crippen LogP) is 4.98. The van der Waals surface area contributed by atoms with Crippen molar-refractivity contribution in [3.8, 4) is 22.8 Å². The van der Waals surface area contributed by atoms with Crippen LogP contribution in [0.1, 0.15) is 29.6 Å². The number of thiazole rings is 1. The minimum atomic E-state index is -0.453. The molecule has 1 fully saturated rings. The fourth-order valence-corrected chi connectivity index (χ4v) is 4.55. The number of carbonyl (C=O) groups is 1. The number of anilines is 2. The third-order valence-corrected chi connectivity index (χ3v) is 6.30. The molecule has 1 N–H and O–H groups in total. The maximum Gasteiger partial charge on any atom is 0.293 e. The number of nitrogens with one attached hydrogen (secondary N) is 1. The van der Waals surface area contributed by atoms with Crippen LogP contribution >= 0.6 is 11.3 Å². The second-order valence-electron chi connectivity index (χ2n) is 7.57. The molecule has 33 heavy (non-hydrogen) atoms. The van der Waals surface area contributed by atoms with Crippen LogP contribution in [0.2, 0.25) is 0 Å². The predicted molar refractivity (Wildman–Crippen MR) is 128 cm³/mol. The van der Waals surface area contributed by atoms with Crippen LogP contribution < -0.4 is 19.7 Å². The van der Waals surface area contributed by atoms with E-state index in [1.165, 1.54) is 17.4 Å². The van der Waals surface area contributed by atoms with Crippen LogP contribution in [0.4, 0.5) is 16.5 Å². The number of rotatable bonds is 7. The van der Waals surface area contributed by atoms with Crippen LogP contribution in [0.25, 0.3) is 11.3 Å². The van der Waals surface area contributed by atoms with E-state index in [1.54, 1.807) is 38.5 Å². The molecular formula is C23H24N4O5S. The van der Waals surface area contributed by atoms with Crippen LogP contribution in [0.3, 0.4) is 0 Å². The first kappa shape index (κ1) is 22.5. The molecule has 1 amide bonds.